The van der Waals surface area contributed by atoms with E-state index < -0.39 is 0 Å². The first-order valence-corrected chi connectivity index (χ1v) is 9.82. The van der Waals surface area contributed by atoms with Gasteiger partial charge in [0.2, 0.25) is 5.91 Å². The van der Waals surface area contributed by atoms with Gasteiger partial charge in [0, 0.05) is 43.9 Å². The molecule has 2 aromatic rings. The summed E-state index contributed by atoms with van der Waals surface area (Å²) >= 11 is 0. The Balaban J connectivity index is 1.32. The molecule has 0 spiro atoms. The van der Waals surface area contributed by atoms with Crippen LogP contribution < -0.4 is 4.74 Å². The second-order valence-electron chi connectivity index (χ2n) is 8.03. The zero-order chi connectivity index (χ0) is 19.6. The third-order valence-electron chi connectivity index (χ3n) is 5.54. The molecule has 28 heavy (non-hydrogen) atoms. The predicted molar refractivity (Wildman–Crippen MR) is 107 cm³/mol. The molecule has 2 aliphatic heterocycles. The molecule has 3 heterocycles. The van der Waals surface area contributed by atoms with Crippen LogP contribution >= 0.6 is 0 Å². The topological polar surface area (TPSA) is 56.6 Å². The van der Waals surface area contributed by atoms with Crippen LogP contribution in [0.3, 0.4) is 0 Å². The van der Waals surface area contributed by atoms with Gasteiger partial charge in [0.1, 0.15) is 18.0 Å². The molecule has 2 fully saturated rings. The zero-order valence-electron chi connectivity index (χ0n) is 16.5. The Bertz CT molecular complexity index is 848. The van der Waals surface area contributed by atoms with Gasteiger partial charge in [-0.3, -0.25) is 9.48 Å². The molecule has 2 aliphatic rings. The fourth-order valence-corrected chi connectivity index (χ4v) is 4.18. The lowest BCUT2D eigenvalue weighted by Gasteiger charge is -2.33. The molecule has 6 nitrogen and oxygen atoms in total. The van der Waals surface area contributed by atoms with Gasteiger partial charge in [-0.05, 0) is 38.0 Å². The Kier molecular flexibility index (Phi) is 5.22. The molecule has 0 saturated carbocycles. The van der Waals surface area contributed by atoms with Gasteiger partial charge in [0.15, 0.2) is 0 Å². The van der Waals surface area contributed by atoms with Gasteiger partial charge in [-0.25, -0.2) is 0 Å². The highest BCUT2D eigenvalue weighted by molar-refractivity contribution is 5.91. The van der Waals surface area contributed by atoms with Crippen LogP contribution in [0.4, 0.5) is 0 Å². The Morgan fingerprint density at radius 3 is 2.96 bits per heavy atom. The molecule has 1 aromatic carbocycles. The molecule has 3 atom stereocenters. The van der Waals surface area contributed by atoms with Crippen LogP contribution in [0.25, 0.3) is 6.08 Å². The SMILES string of the molecule is Cn1cc(/C=C/C(=O)N2CC[C@@H]3O[C@@](C)(COc4ccccc4)C[C@@H]3C2)cn1. The fourth-order valence-electron chi connectivity index (χ4n) is 4.18. The van der Waals surface area contributed by atoms with Crippen molar-refractivity contribution in [1.29, 1.82) is 0 Å². The molecule has 1 amide bonds. The van der Waals surface area contributed by atoms with E-state index >= 15 is 0 Å². The van der Waals surface area contributed by atoms with E-state index in [1.165, 1.54) is 0 Å². The summed E-state index contributed by atoms with van der Waals surface area (Å²) in [5.74, 6) is 1.27. The Labute approximate surface area is 165 Å². The van der Waals surface area contributed by atoms with E-state index in [0.29, 0.717) is 12.5 Å². The van der Waals surface area contributed by atoms with Crippen LogP contribution in [0.2, 0.25) is 0 Å². The first-order valence-electron chi connectivity index (χ1n) is 9.82. The third-order valence-corrected chi connectivity index (χ3v) is 5.54. The van der Waals surface area contributed by atoms with Crippen LogP contribution in [0.5, 0.6) is 5.75 Å². The lowest BCUT2D eigenvalue weighted by molar-refractivity contribution is -0.129. The smallest absolute Gasteiger partial charge is 0.246 e. The van der Waals surface area contributed by atoms with E-state index in [4.69, 9.17) is 9.47 Å². The van der Waals surface area contributed by atoms with Crippen LogP contribution in [0, 0.1) is 5.92 Å². The summed E-state index contributed by atoms with van der Waals surface area (Å²) in [7, 11) is 1.86. The van der Waals surface area contributed by atoms with Crippen molar-refractivity contribution in [3.8, 4) is 5.75 Å². The number of carbonyl (C=O) groups is 1. The van der Waals surface area contributed by atoms with Gasteiger partial charge in [-0.1, -0.05) is 18.2 Å². The number of aryl methyl sites for hydroxylation is 1. The first-order chi connectivity index (χ1) is 13.5. The van der Waals surface area contributed by atoms with E-state index in [9.17, 15) is 4.79 Å². The largest absolute Gasteiger partial charge is 0.491 e. The summed E-state index contributed by atoms with van der Waals surface area (Å²) in [4.78, 5) is 14.5. The minimum atomic E-state index is -0.310. The molecule has 0 N–H and O–H groups in total. The summed E-state index contributed by atoms with van der Waals surface area (Å²) in [5, 5.41) is 4.12. The standard InChI is InChI=1S/C22H27N3O3/c1-22(16-27-19-6-4-3-5-7-19)12-18-15-25(11-10-20(18)28-22)21(26)9-8-17-13-23-24(2)14-17/h3-9,13-14,18,20H,10-12,15-16H2,1-2H3/b9-8+/t18-,20+,22-/m1/s1. The minimum Gasteiger partial charge on any atom is -0.491 e. The monoisotopic (exact) mass is 381 g/mol. The normalized spacial score (nSPS) is 27.1. The molecule has 0 radical (unpaired) electrons. The van der Waals surface area contributed by atoms with Gasteiger partial charge in [0.05, 0.1) is 12.3 Å². The number of piperidine rings is 1. The van der Waals surface area contributed by atoms with E-state index in [2.05, 4.69) is 12.0 Å². The van der Waals surface area contributed by atoms with Crippen molar-refractivity contribution in [3.05, 3.63) is 54.4 Å². The van der Waals surface area contributed by atoms with E-state index in [-0.39, 0.29) is 17.6 Å². The molecule has 1 aromatic heterocycles. The maximum absolute atomic E-state index is 12.6. The van der Waals surface area contributed by atoms with E-state index in [1.54, 1.807) is 17.0 Å². The highest BCUT2D eigenvalue weighted by Crippen LogP contribution is 2.39. The van der Waals surface area contributed by atoms with Gasteiger partial charge >= 0.3 is 0 Å². The van der Waals surface area contributed by atoms with Crippen LogP contribution in [-0.4, -0.2) is 52.0 Å². The van der Waals surface area contributed by atoms with Gasteiger partial charge in [0.25, 0.3) is 0 Å². The predicted octanol–water partition coefficient (Wildman–Crippen LogP) is 2.91. The summed E-state index contributed by atoms with van der Waals surface area (Å²) in [6, 6.07) is 9.83. The molecule has 0 aliphatic carbocycles. The molecule has 0 unspecified atom stereocenters. The number of nitrogens with zero attached hydrogens (tertiary/aromatic N) is 3. The molecule has 2 saturated heterocycles. The summed E-state index contributed by atoms with van der Waals surface area (Å²) < 4.78 is 14.0. The maximum atomic E-state index is 12.6. The number of benzene rings is 1. The van der Waals surface area contributed by atoms with Crippen molar-refractivity contribution in [2.24, 2.45) is 13.0 Å². The number of hydrogen-bond acceptors (Lipinski definition) is 4. The highest BCUT2D eigenvalue weighted by atomic mass is 16.6. The molecule has 148 valence electrons. The number of amides is 1. The summed E-state index contributed by atoms with van der Waals surface area (Å²) in [6.45, 7) is 4.11. The van der Waals surface area contributed by atoms with Crippen molar-refractivity contribution in [2.45, 2.75) is 31.5 Å². The number of likely N-dealkylation sites (tertiary alicyclic amines) is 1. The van der Waals surface area contributed by atoms with Crippen molar-refractivity contribution in [1.82, 2.24) is 14.7 Å². The number of fused-ring (bicyclic) bond motifs is 1. The number of carbonyl (C=O) groups excluding carboxylic acids is 1. The number of ether oxygens (including phenoxy) is 2. The Morgan fingerprint density at radius 1 is 1.39 bits per heavy atom. The van der Waals surface area contributed by atoms with E-state index in [0.717, 1.165) is 37.2 Å². The molecular weight excluding hydrogens is 354 g/mol. The van der Waals surface area contributed by atoms with Crippen LogP contribution in [0.15, 0.2) is 48.8 Å². The Hall–Kier alpha value is -2.60. The van der Waals surface area contributed by atoms with E-state index in [1.807, 2.05) is 54.6 Å². The molecule has 4 rings (SSSR count). The van der Waals surface area contributed by atoms with Crippen molar-refractivity contribution >= 4 is 12.0 Å². The lowest BCUT2D eigenvalue weighted by atomic mass is 9.89. The number of para-hydroxylation sites is 1. The number of rotatable bonds is 5. The van der Waals surface area contributed by atoms with Crippen molar-refractivity contribution < 1.29 is 14.3 Å². The van der Waals surface area contributed by atoms with Crippen molar-refractivity contribution in [3.63, 3.8) is 0 Å². The maximum Gasteiger partial charge on any atom is 0.246 e. The summed E-state index contributed by atoms with van der Waals surface area (Å²) in [6.07, 6.45) is 9.09. The van der Waals surface area contributed by atoms with Crippen molar-refractivity contribution in [2.75, 3.05) is 19.7 Å². The molecular formula is C22H27N3O3. The number of hydrogen-bond donors (Lipinski definition) is 0. The quantitative estimate of drug-likeness (QED) is 0.748. The van der Waals surface area contributed by atoms with Crippen LogP contribution in [-0.2, 0) is 16.6 Å². The number of aromatic nitrogens is 2. The molecule has 6 heteroatoms. The summed E-state index contributed by atoms with van der Waals surface area (Å²) in [5.41, 5.74) is 0.621. The van der Waals surface area contributed by atoms with Gasteiger partial charge < -0.3 is 14.4 Å². The first kappa shape index (κ1) is 18.7. The van der Waals surface area contributed by atoms with Gasteiger partial charge in [-0.15, -0.1) is 0 Å². The van der Waals surface area contributed by atoms with Crippen LogP contribution in [0.1, 0.15) is 25.3 Å². The fraction of sp³-hybridized carbons (Fsp3) is 0.455. The third kappa shape index (κ3) is 4.28. The second kappa shape index (κ2) is 7.80. The lowest BCUT2D eigenvalue weighted by Crippen LogP contribution is -2.43. The minimum absolute atomic E-state index is 0.0523. The van der Waals surface area contributed by atoms with Gasteiger partial charge in [-0.2, -0.15) is 5.10 Å². The second-order valence-corrected chi connectivity index (χ2v) is 8.03. The molecule has 0 bridgehead atoms. The highest BCUT2D eigenvalue weighted by Gasteiger charge is 2.46. The average molecular weight is 381 g/mol. The Morgan fingerprint density at radius 2 is 2.21 bits per heavy atom. The zero-order valence-corrected chi connectivity index (χ0v) is 16.5. The average Bonchev–Trinajstić information content (AvgIpc) is 3.27.